The summed E-state index contributed by atoms with van der Waals surface area (Å²) in [5.74, 6) is -0.299. The van der Waals surface area contributed by atoms with Gasteiger partial charge in [-0.15, -0.1) is 0 Å². The Morgan fingerprint density at radius 3 is 2.16 bits per heavy atom. The van der Waals surface area contributed by atoms with Crippen LogP contribution in [-0.2, 0) is 19.7 Å². The highest BCUT2D eigenvalue weighted by atomic mass is 32.2. The Balaban J connectivity index is 1.53. The van der Waals surface area contributed by atoms with Gasteiger partial charge in [-0.2, -0.15) is 17.0 Å². The number of amides is 2. The van der Waals surface area contributed by atoms with Crippen LogP contribution in [0.15, 0.2) is 0 Å². The van der Waals surface area contributed by atoms with E-state index in [9.17, 15) is 18.0 Å². The number of hydrogen-bond acceptors (Lipinski definition) is 5. The Labute approximate surface area is 186 Å². The molecule has 3 rings (SSSR count). The summed E-state index contributed by atoms with van der Waals surface area (Å²) < 4.78 is 34.2. The lowest BCUT2D eigenvalue weighted by Crippen LogP contribution is -2.56. The number of hydrogen-bond donors (Lipinski definition) is 1. The molecule has 3 fully saturated rings. The van der Waals surface area contributed by atoms with Crippen LogP contribution in [0.3, 0.4) is 0 Å². The van der Waals surface area contributed by atoms with Gasteiger partial charge in [-0.05, 0) is 32.6 Å². The fraction of sp³-hybridized carbons (Fsp3) is 0.905. The maximum Gasteiger partial charge on any atom is 0.409 e. The van der Waals surface area contributed by atoms with Crippen LogP contribution in [0.4, 0.5) is 4.79 Å². The number of piperidine rings is 1. The lowest BCUT2D eigenvalue weighted by atomic mass is 9.94. The molecule has 0 aromatic heterocycles. The Hall–Kier alpha value is -1.39. The van der Waals surface area contributed by atoms with Crippen LogP contribution >= 0.6 is 0 Å². The normalized spacial score (nSPS) is 25.5. The van der Waals surface area contributed by atoms with Crippen LogP contribution in [0, 0.1) is 5.92 Å². The number of nitrogens with zero attached hydrogens (tertiary/aromatic N) is 3. The SMILES string of the molecule is CCOC(=O)N1CCN(S(=O)(=O)N2CCCC(C(=O)NC3CCCCCCC3)C2)CC1. The molecule has 0 aromatic rings. The van der Waals surface area contributed by atoms with Gasteiger partial charge in [0.25, 0.3) is 10.2 Å². The van der Waals surface area contributed by atoms with Gasteiger partial charge < -0.3 is 15.0 Å². The van der Waals surface area contributed by atoms with E-state index in [0.29, 0.717) is 32.7 Å². The molecule has 1 aliphatic carbocycles. The van der Waals surface area contributed by atoms with Gasteiger partial charge in [-0.3, -0.25) is 4.79 Å². The van der Waals surface area contributed by atoms with Crippen molar-refractivity contribution >= 4 is 22.2 Å². The maximum atomic E-state index is 13.2. The van der Waals surface area contributed by atoms with Gasteiger partial charge in [0.15, 0.2) is 0 Å². The molecule has 2 saturated heterocycles. The minimum absolute atomic E-state index is 0.00222. The van der Waals surface area contributed by atoms with Gasteiger partial charge in [-0.1, -0.05) is 32.1 Å². The monoisotopic (exact) mass is 458 g/mol. The van der Waals surface area contributed by atoms with Crippen LogP contribution in [0.25, 0.3) is 0 Å². The number of carbonyl (C=O) groups is 2. The van der Waals surface area contributed by atoms with E-state index < -0.39 is 16.3 Å². The molecule has 0 aromatic carbocycles. The smallest absolute Gasteiger partial charge is 0.409 e. The molecule has 9 nitrogen and oxygen atoms in total. The van der Waals surface area contributed by atoms with Crippen molar-refractivity contribution in [3.05, 3.63) is 0 Å². The summed E-state index contributed by atoms with van der Waals surface area (Å²) in [7, 11) is -3.65. The van der Waals surface area contributed by atoms with Gasteiger partial charge in [0.1, 0.15) is 0 Å². The molecule has 2 aliphatic heterocycles. The molecule has 10 heteroatoms. The summed E-state index contributed by atoms with van der Waals surface area (Å²) in [6.07, 6.45) is 9.08. The van der Waals surface area contributed by atoms with Crippen molar-refractivity contribution in [3.63, 3.8) is 0 Å². The number of carbonyl (C=O) groups excluding carboxylic acids is 2. The summed E-state index contributed by atoms with van der Waals surface area (Å²) >= 11 is 0. The third-order valence-corrected chi connectivity index (χ3v) is 8.63. The standard InChI is InChI=1S/C21H38N4O5S/c1-2-30-21(27)23-13-15-24(16-14-23)31(28,29)25-12-8-9-18(17-25)20(26)22-19-10-6-4-3-5-7-11-19/h18-19H,2-17H2,1H3,(H,22,26). The Kier molecular flexibility index (Phi) is 8.97. The highest BCUT2D eigenvalue weighted by molar-refractivity contribution is 7.86. The van der Waals surface area contributed by atoms with Crippen LogP contribution in [0.1, 0.15) is 64.7 Å². The summed E-state index contributed by atoms with van der Waals surface area (Å²) in [6, 6.07) is 0.218. The summed E-state index contributed by atoms with van der Waals surface area (Å²) in [5.41, 5.74) is 0. The second kappa shape index (κ2) is 11.5. The van der Waals surface area contributed by atoms with Crippen molar-refractivity contribution in [1.29, 1.82) is 0 Å². The number of ether oxygens (including phenoxy) is 1. The van der Waals surface area contributed by atoms with E-state index in [-0.39, 0.29) is 37.5 Å². The van der Waals surface area contributed by atoms with Crippen LogP contribution in [0.5, 0.6) is 0 Å². The molecule has 0 radical (unpaired) electrons. The zero-order valence-corrected chi connectivity index (χ0v) is 19.6. The summed E-state index contributed by atoms with van der Waals surface area (Å²) in [5, 5.41) is 3.21. The molecule has 31 heavy (non-hydrogen) atoms. The molecule has 1 unspecified atom stereocenters. The highest BCUT2D eigenvalue weighted by Gasteiger charge is 2.38. The lowest BCUT2D eigenvalue weighted by molar-refractivity contribution is -0.127. The Bertz CT molecular complexity index is 701. The number of piperazine rings is 1. The van der Waals surface area contributed by atoms with Crippen molar-refractivity contribution in [1.82, 2.24) is 18.8 Å². The van der Waals surface area contributed by atoms with E-state index in [0.717, 1.165) is 32.1 Å². The summed E-state index contributed by atoms with van der Waals surface area (Å²) in [4.78, 5) is 26.3. The van der Waals surface area contributed by atoms with Crippen molar-refractivity contribution in [3.8, 4) is 0 Å². The van der Waals surface area contributed by atoms with Crippen LogP contribution in [0.2, 0.25) is 0 Å². The average molecular weight is 459 g/mol. The topological polar surface area (TPSA) is 99.3 Å². The zero-order valence-electron chi connectivity index (χ0n) is 18.8. The second-order valence-corrected chi connectivity index (χ2v) is 10.8. The van der Waals surface area contributed by atoms with E-state index in [1.807, 2.05) is 0 Å². The van der Waals surface area contributed by atoms with E-state index in [1.165, 1.54) is 32.8 Å². The predicted octanol–water partition coefficient (Wildman–Crippen LogP) is 1.95. The number of rotatable bonds is 5. The molecular weight excluding hydrogens is 420 g/mol. The lowest BCUT2D eigenvalue weighted by Gasteiger charge is -2.38. The van der Waals surface area contributed by atoms with E-state index >= 15 is 0 Å². The van der Waals surface area contributed by atoms with E-state index in [1.54, 1.807) is 6.92 Å². The first-order valence-electron chi connectivity index (χ1n) is 11.9. The van der Waals surface area contributed by atoms with Crippen LogP contribution in [-0.4, -0.2) is 85.8 Å². The van der Waals surface area contributed by atoms with Crippen molar-refractivity contribution in [2.75, 3.05) is 45.9 Å². The number of nitrogens with one attached hydrogen (secondary N) is 1. The first-order chi connectivity index (χ1) is 14.9. The van der Waals surface area contributed by atoms with Crippen LogP contribution < -0.4 is 5.32 Å². The Morgan fingerprint density at radius 1 is 0.871 bits per heavy atom. The molecule has 0 spiro atoms. The quantitative estimate of drug-likeness (QED) is 0.679. The van der Waals surface area contributed by atoms with Crippen molar-refractivity contribution < 1.29 is 22.7 Å². The largest absolute Gasteiger partial charge is 0.450 e. The highest BCUT2D eigenvalue weighted by Crippen LogP contribution is 2.24. The molecule has 1 saturated carbocycles. The molecule has 1 N–H and O–H groups in total. The van der Waals surface area contributed by atoms with E-state index in [2.05, 4.69) is 5.32 Å². The maximum absolute atomic E-state index is 13.2. The van der Waals surface area contributed by atoms with Gasteiger partial charge in [0.2, 0.25) is 5.91 Å². The van der Waals surface area contributed by atoms with Gasteiger partial charge in [0.05, 0.1) is 12.5 Å². The average Bonchev–Trinajstić information content (AvgIpc) is 2.76. The molecule has 1 atom stereocenters. The van der Waals surface area contributed by atoms with E-state index in [4.69, 9.17) is 4.74 Å². The third kappa shape index (κ3) is 6.55. The minimum Gasteiger partial charge on any atom is -0.450 e. The third-order valence-electron chi connectivity index (χ3n) is 6.62. The summed E-state index contributed by atoms with van der Waals surface area (Å²) in [6.45, 7) is 3.85. The van der Waals surface area contributed by atoms with Gasteiger partial charge in [0, 0.05) is 45.3 Å². The Morgan fingerprint density at radius 2 is 1.52 bits per heavy atom. The fourth-order valence-corrected chi connectivity index (χ4v) is 6.44. The second-order valence-electron chi connectivity index (χ2n) is 8.84. The first-order valence-corrected chi connectivity index (χ1v) is 13.3. The molecule has 2 amide bonds. The molecule has 0 bridgehead atoms. The van der Waals surface area contributed by atoms with Gasteiger partial charge >= 0.3 is 6.09 Å². The minimum atomic E-state index is -3.65. The molecule has 178 valence electrons. The van der Waals surface area contributed by atoms with Crippen molar-refractivity contribution in [2.45, 2.75) is 70.8 Å². The fourth-order valence-electron chi connectivity index (χ4n) is 4.76. The predicted molar refractivity (Wildman–Crippen MR) is 118 cm³/mol. The molecule has 3 aliphatic rings. The van der Waals surface area contributed by atoms with Crippen molar-refractivity contribution in [2.24, 2.45) is 5.92 Å². The zero-order chi connectivity index (χ0) is 22.3. The van der Waals surface area contributed by atoms with Gasteiger partial charge in [-0.25, -0.2) is 4.79 Å². The molecule has 2 heterocycles. The first kappa shape index (κ1) is 24.3. The molecular formula is C21H38N4O5S.